The minimum absolute atomic E-state index is 0.0457. The summed E-state index contributed by atoms with van der Waals surface area (Å²) in [5.74, 6) is 0.0159. The smallest absolute Gasteiger partial charge is 0.387 e. The molecule has 142 valence electrons. The van der Waals surface area contributed by atoms with E-state index in [0.29, 0.717) is 5.56 Å². The molecule has 0 spiro atoms. The molecule has 1 aliphatic rings. The summed E-state index contributed by atoms with van der Waals surface area (Å²) < 4.78 is 34.3. The Labute approximate surface area is 157 Å². The fourth-order valence-electron chi connectivity index (χ4n) is 3.36. The summed E-state index contributed by atoms with van der Waals surface area (Å²) in [7, 11) is 3.16. The second kappa shape index (κ2) is 8.20. The average Bonchev–Trinajstić information content (AvgIpc) is 3.10. The molecule has 2 aromatic carbocycles. The van der Waals surface area contributed by atoms with Crippen molar-refractivity contribution < 1.29 is 23.0 Å². The quantitative estimate of drug-likeness (QED) is 0.702. The Morgan fingerprint density at radius 3 is 2.74 bits per heavy atom. The van der Waals surface area contributed by atoms with Crippen LogP contribution in [-0.2, 0) is 11.2 Å². The third-order valence-corrected chi connectivity index (χ3v) is 4.74. The van der Waals surface area contributed by atoms with Crippen LogP contribution < -0.4 is 9.47 Å². The predicted octanol–water partition coefficient (Wildman–Crippen LogP) is 4.46. The van der Waals surface area contributed by atoms with Crippen LogP contribution in [0.5, 0.6) is 11.5 Å². The number of hydrogen-bond acceptors (Lipinski definition) is 3. The molecule has 3 rings (SSSR count). The van der Waals surface area contributed by atoms with Gasteiger partial charge in [-0.3, -0.25) is 4.79 Å². The fourth-order valence-corrected chi connectivity index (χ4v) is 3.36. The first-order valence-electron chi connectivity index (χ1n) is 8.65. The Balaban J connectivity index is 1.71. The normalized spacial score (nSPS) is 15.8. The zero-order valence-electron chi connectivity index (χ0n) is 15.2. The van der Waals surface area contributed by atoms with E-state index < -0.39 is 6.61 Å². The second-order valence-corrected chi connectivity index (χ2v) is 6.32. The number of carbonyl (C=O) groups is 1. The van der Waals surface area contributed by atoms with Crippen molar-refractivity contribution in [3.05, 3.63) is 65.2 Å². The zero-order chi connectivity index (χ0) is 19.4. The van der Waals surface area contributed by atoms with Crippen molar-refractivity contribution in [2.24, 2.45) is 0 Å². The number of benzene rings is 2. The topological polar surface area (TPSA) is 38.8 Å². The van der Waals surface area contributed by atoms with E-state index in [1.165, 1.54) is 30.4 Å². The van der Waals surface area contributed by atoms with Crippen LogP contribution in [0.15, 0.2) is 48.5 Å². The van der Waals surface area contributed by atoms with Crippen molar-refractivity contribution in [1.29, 1.82) is 0 Å². The van der Waals surface area contributed by atoms with Gasteiger partial charge in [0, 0.05) is 13.1 Å². The van der Waals surface area contributed by atoms with E-state index >= 15 is 0 Å². The molecule has 1 amide bonds. The van der Waals surface area contributed by atoms with Crippen LogP contribution in [0.2, 0.25) is 0 Å². The molecule has 1 atom stereocenters. The first-order valence-corrected chi connectivity index (χ1v) is 8.65. The van der Waals surface area contributed by atoms with Crippen LogP contribution in [0.3, 0.4) is 0 Å². The number of ether oxygens (including phenoxy) is 2. The number of rotatable bonds is 6. The largest absolute Gasteiger partial charge is 0.493 e. The monoisotopic (exact) mass is 373 g/mol. The number of aryl methyl sites for hydroxylation is 1. The van der Waals surface area contributed by atoms with Crippen LogP contribution in [0.4, 0.5) is 8.78 Å². The highest BCUT2D eigenvalue weighted by molar-refractivity contribution is 5.92. The van der Waals surface area contributed by atoms with E-state index in [4.69, 9.17) is 4.74 Å². The summed E-state index contributed by atoms with van der Waals surface area (Å²) in [6.45, 7) is -2.93. The lowest BCUT2D eigenvalue weighted by Crippen LogP contribution is -2.28. The highest BCUT2D eigenvalue weighted by Gasteiger charge is 2.27. The van der Waals surface area contributed by atoms with Gasteiger partial charge in [-0.25, -0.2) is 0 Å². The Morgan fingerprint density at radius 2 is 2.00 bits per heavy atom. The molecule has 6 heteroatoms. The van der Waals surface area contributed by atoms with Gasteiger partial charge in [-0.15, -0.1) is 0 Å². The maximum Gasteiger partial charge on any atom is 0.387 e. The molecule has 0 aromatic heterocycles. The maximum atomic E-state index is 12.6. The van der Waals surface area contributed by atoms with Gasteiger partial charge in [0.2, 0.25) is 5.91 Å². The van der Waals surface area contributed by atoms with Gasteiger partial charge >= 0.3 is 6.61 Å². The van der Waals surface area contributed by atoms with Gasteiger partial charge in [-0.05, 0) is 47.7 Å². The third-order valence-electron chi connectivity index (χ3n) is 4.74. The molecule has 0 saturated carbocycles. The lowest BCUT2D eigenvalue weighted by atomic mass is 10.1. The van der Waals surface area contributed by atoms with Gasteiger partial charge in [-0.2, -0.15) is 8.78 Å². The molecule has 1 aliphatic carbocycles. The van der Waals surface area contributed by atoms with E-state index in [-0.39, 0.29) is 23.4 Å². The summed E-state index contributed by atoms with van der Waals surface area (Å²) in [4.78, 5) is 14.3. The number of methoxy groups -OCH3 is 1. The molecule has 0 aliphatic heterocycles. The van der Waals surface area contributed by atoms with Gasteiger partial charge < -0.3 is 14.4 Å². The van der Waals surface area contributed by atoms with Gasteiger partial charge in [0.25, 0.3) is 0 Å². The van der Waals surface area contributed by atoms with Crippen molar-refractivity contribution in [1.82, 2.24) is 4.90 Å². The lowest BCUT2D eigenvalue weighted by molar-refractivity contribution is -0.126. The summed E-state index contributed by atoms with van der Waals surface area (Å²) in [6.07, 6.45) is 4.98. The molecule has 0 radical (unpaired) electrons. The molecular weight excluding hydrogens is 352 g/mol. The molecule has 1 unspecified atom stereocenters. The number of amides is 1. The van der Waals surface area contributed by atoms with Crippen molar-refractivity contribution in [3.8, 4) is 11.5 Å². The molecule has 27 heavy (non-hydrogen) atoms. The van der Waals surface area contributed by atoms with Crippen LogP contribution >= 0.6 is 0 Å². The molecule has 0 bridgehead atoms. The molecule has 2 aromatic rings. The summed E-state index contributed by atoms with van der Waals surface area (Å²) in [5, 5.41) is 0. The highest BCUT2D eigenvalue weighted by Crippen LogP contribution is 2.35. The minimum Gasteiger partial charge on any atom is -0.493 e. The van der Waals surface area contributed by atoms with Gasteiger partial charge in [0.1, 0.15) is 0 Å². The standard InChI is InChI=1S/C21H21F2NO3/c1-24(17-10-9-15-5-3-4-6-16(15)17)20(25)12-8-14-7-11-18(27-21(22)23)19(13-14)26-2/h3-8,11-13,17,21H,9-10H2,1-2H3/b12-8+. The Kier molecular flexibility index (Phi) is 5.74. The van der Waals surface area contributed by atoms with Crippen molar-refractivity contribution in [2.45, 2.75) is 25.5 Å². The number of hydrogen-bond donors (Lipinski definition) is 0. The van der Waals surface area contributed by atoms with E-state index in [0.717, 1.165) is 12.8 Å². The number of nitrogens with zero attached hydrogens (tertiary/aromatic N) is 1. The van der Waals surface area contributed by atoms with E-state index in [2.05, 4.69) is 16.9 Å². The predicted molar refractivity (Wildman–Crippen MR) is 98.9 cm³/mol. The zero-order valence-corrected chi connectivity index (χ0v) is 15.2. The number of halogens is 2. The van der Waals surface area contributed by atoms with Crippen molar-refractivity contribution in [3.63, 3.8) is 0 Å². The third kappa shape index (κ3) is 4.27. The van der Waals surface area contributed by atoms with E-state index in [1.807, 2.05) is 12.1 Å². The van der Waals surface area contributed by atoms with Crippen molar-refractivity contribution >= 4 is 12.0 Å². The lowest BCUT2D eigenvalue weighted by Gasteiger charge is -2.24. The number of alkyl halides is 2. The van der Waals surface area contributed by atoms with Gasteiger partial charge in [0.05, 0.1) is 13.2 Å². The maximum absolute atomic E-state index is 12.6. The minimum atomic E-state index is -2.93. The number of carbonyl (C=O) groups excluding carboxylic acids is 1. The Hall–Kier alpha value is -2.89. The van der Waals surface area contributed by atoms with Crippen LogP contribution in [0.1, 0.15) is 29.2 Å². The van der Waals surface area contributed by atoms with Crippen LogP contribution in [0.25, 0.3) is 6.08 Å². The highest BCUT2D eigenvalue weighted by atomic mass is 19.3. The first-order chi connectivity index (χ1) is 13.0. The molecule has 0 saturated heterocycles. The molecule has 0 heterocycles. The molecule has 0 N–H and O–H groups in total. The Bertz CT molecular complexity index is 851. The summed E-state index contributed by atoms with van der Waals surface area (Å²) in [6, 6.07) is 12.8. The average molecular weight is 373 g/mol. The Morgan fingerprint density at radius 1 is 1.22 bits per heavy atom. The summed E-state index contributed by atoms with van der Waals surface area (Å²) >= 11 is 0. The molecule has 4 nitrogen and oxygen atoms in total. The van der Waals surface area contributed by atoms with E-state index in [9.17, 15) is 13.6 Å². The summed E-state index contributed by atoms with van der Waals surface area (Å²) in [5.41, 5.74) is 3.13. The van der Waals surface area contributed by atoms with Gasteiger partial charge in [-0.1, -0.05) is 30.3 Å². The SMILES string of the molecule is COc1cc(/C=C/C(=O)N(C)C2CCc3ccccc32)ccc1OC(F)F. The van der Waals surface area contributed by atoms with Crippen LogP contribution in [-0.4, -0.2) is 31.6 Å². The first kappa shape index (κ1) is 18.9. The van der Waals surface area contributed by atoms with Gasteiger partial charge in [0.15, 0.2) is 11.5 Å². The second-order valence-electron chi connectivity index (χ2n) is 6.32. The molecule has 0 fully saturated rings. The number of likely N-dealkylation sites (N-methyl/N-ethyl adjacent to an activating group) is 1. The van der Waals surface area contributed by atoms with Crippen molar-refractivity contribution in [2.75, 3.05) is 14.2 Å². The van der Waals surface area contributed by atoms with Crippen LogP contribution in [0, 0.1) is 0 Å². The fraction of sp³-hybridized carbons (Fsp3) is 0.286. The molecular formula is C21H21F2NO3. The number of fused-ring (bicyclic) bond motifs is 1. The van der Waals surface area contributed by atoms with E-state index in [1.54, 1.807) is 30.2 Å².